The van der Waals surface area contributed by atoms with E-state index in [0.29, 0.717) is 12.2 Å². The predicted molar refractivity (Wildman–Crippen MR) is 82.5 cm³/mol. The lowest BCUT2D eigenvalue weighted by atomic mass is 10.1. The summed E-state index contributed by atoms with van der Waals surface area (Å²) in [5.41, 5.74) is 8.47. The van der Waals surface area contributed by atoms with E-state index in [9.17, 15) is 4.39 Å². The van der Waals surface area contributed by atoms with E-state index in [2.05, 4.69) is 14.8 Å². The van der Waals surface area contributed by atoms with Crippen molar-refractivity contribution in [3.05, 3.63) is 54.1 Å². The largest absolute Gasteiger partial charge is 0.396 e. The molecule has 1 saturated heterocycles. The zero-order chi connectivity index (χ0) is 14.7. The van der Waals surface area contributed by atoms with E-state index in [-0.39, 0.29) is 5.82 Å². The van der Waals surface area contributed by atoms with Crippen LogP contribution in [0.15, 0.2) is 42.7 Å². The van der Waals surface area contributed by atoms with E-state index in [1.54, 1.807) is 18.5 Å². The van der Waals surface area contributed by atoms with Crippen molar-refractivity contribution in [3.8, 4) is 0 Å². The molecule has 1 aromatic heterocycles. The molecule has 5 heteroatoms. The Kier molecular flexibility index (Phi) is 4.01. The zero-order valence-corrected chi connectivity index (χ0v) is 11.9. The molecule has 0 saturated carbocycles. The van der Waals surface area contributed by atoms with Crippen molar-refractivity contribution < 1.29 is 4.39 Å². The van der Waals surface area contributed by atoms with Gasteiger partial charge in [0, 0.05) is 44.5 Å². The predicted octanol–water partition coefficient (Wildman–Crippen LogP) is 2.13. The van der Waals surface area contributed by atoms with Crippen LogP contribution in [0.2, 0.25) is 0 Å². The summed E-state index contributed by atoms with van der Waals surface area (Å²) in [7, 11) is 0. The van der Waals surface area contributed by atoms with Gasteiger partial charge in [0.25, 0.3) is 0 Å². The van der Waals surface area contributed by atoms with E-state index in [1.807, 2.05) is 18.2 Å². The van der Waals surface area contributed by atoms with Crippen molar-refractivity contribution in [2.75, 3.05) is 36.8 Å². The van der Waals surface area contributed by atoms with Gasteiger partial charge < -0.3 is 10.6 Å². The molecule has 0 amide bonds. The first-order valence-corrected chi connectivity index (χ1v) is 7.14. The Morgan fingerprint density at radius 3 is 2.57 bits per heavy atom. The summed E-state index contributed by atoms with van der Waals surface area (Å²) < 4.78 is 13.7. The Balaban J connectivity index is 1.61. The van der Waals surface area contributed by atoms with Gasteiger partial charge in [-0.05, 0) is 12.1 Å². The van der Waals surface area contributed by atoms with Gasteiger partial charge in [0.05, 0.1) is 17.6 Å². The summed E-state index contributed by atoms with van der Waals surface area (Å²) in [5.74, 6) is -0.127. The number of hydrogen-bond acceptors (Lipinski definition) is 4. The van der Waals surface area contributed by atoms with Crippen LogP contribution in [0.1, 0.15) is 5.56 Å². The molecule has 2 aromatic rings. The molecule has 1 aliphatic rings. The molecule has 3 rings (SSSR count). The number of piperazine rings is 1. The molecule has 2 heterocycles. The molecule has 0 bridgehead atoms. The number of hydrogen-bond donors (Lipinski definition) is 1. The van der Waals surface area contributed by atoms with Crippen LogP contribution in [0.5, 0.6) is 0 Å². The quantitative estimate of drug-likeness (QED) is 0.939. The van der Waals surface area contributed by atoms with Crippen molar-refractivity contribution in [3.63, 3.8) is 0 Å². The molecule has 1 fully saturated rings. The second kappa shape index (κ2) is 6.10. The molecule has 0 radical (unpaired) electrons. The normalized spacial score (nSPS) is 16.1. The van der Waals surface area contributed by atoms with Gasteiger partial charge >= 0.3 is 0 Å². The maximum Gasteiger partial charge on any atom is 0.127 e. The zero-order valence-electron chi connectivity index (χ0n) is 11.9. The van der Waals surface area contributed by atoms with Gasteiger partial charge in [-0.1, -0.05) is 18.2 Å². The second-order valence-corrected chi connectivity index (χ2v) is 5.29. The summed E-state index contributed by atoms with van der Waals surface area (Å²) in [5, 5.41) is 0. The van der Waals surface area contributed by atoms with E-state index >= 15 is 0 Å². The number of nitrogens with zero attached hydrogens (tertiary/aromatic N) is 3. The number of anilines is 2. The van der Waals surface area contributed by atoms with E-state index in [4.69, 9.17) is 5.73 Å². The van der Waals surface area contributed by atoms with E-state index in [0.717, 1.165) is 37.4 Å². The van der Waals surface area contributed by atoms with Crippen molar-refractivity contribution in [1.82, 2.24) is 9.88 Å². The molecule has 110 valence electrons. The third-order valence-electron chi connectivity index (χ3n) is 3.89. The highest BCUT2D eigenvalue weighted by molar-refractivity contribution is 5.66. The van der Waals surface area contributed by atoms with Crippen LogP contribution in [-0.2, 0) is 6.54 Å². The molecule has 0 atom stereocenters. The maximum absolute atomic E-state index is 13.7. The maximum atomic E-state index is 13.7. The standard InChI is InChI=1S/C16H19FN4/c17-14-4-2-1-3-13(14)12-20-7-9-21(10-8-20)16-5-6-19-11-15(16)18/h1-6,11H,7-10,12,18H2. The van der Waals surface area contributed by atoms with Crippen LogP contribution in [0, 0.1) is 5.82 Å². The highest BCUT2D eigenvalue weighted by Gasteiger charge is 2.19. The molecular formula is C16H19FN4. The fourth-order valence-corrected chi connectivity index (χ4v) is 2.70. The summed E-state index contributed by atoms with van der Waals surface area (Å²) in [6.07, 6.45) is 3.44. The minimum Gasteiger partial charge on any atom is -0.396 e. The second-order valence-electron chi connectivity index (χ2n) is 5.29. The van der Waals surface area contributed by atoms with Crippen molar-refractivity contribution in [2.24, 2.45) is 0 Å². The first-order chi connectivity index (χ1) is 10.2. The van der Waals surface area contributed by atoms with Crippen LogP contribution in [0.25, 0.3) is 0 Å². The molecule has 2 N–H and O–H groups in total. The summed E-state index contributed by atoms with van der Waals surface area (Å²) in [4.78, 5) is 8.55. The third kappa shape index (κ3) is 3.13. The topological polar surface area (TPSA) is 45.4 Å². The van der Waals surface area contributed by atoms with Crippen molar-refractivity contribution in [2.45, 2.75) is 6.54 Å². The van der Waals surface area contributed by atoms with E-state index in [1.165, 1.54) is 6.07 Å². The number of nitrogen functional groups attached to an aromatic ring is 1. The summed E-state index contributed by atoms with van der Waals surface area (Å²) >= 11 is 0. The molecule has 0 aliphatic carbocycles. The molecule has 1 aromatic carbocycles. The first kappa shape index (κ1) is 13.8. The van der Waals surface area contributed by atoms with Gasteiger partial charge in [-0.15, -0.1) is 0 Å². The smallest absolute Gasteiger partial charge is 0.127 e. The van der Waals surface area contributed by atoms with Gasteiger partial charge in [0.2, 0.25) is 0 Å². The summed E-state index contributed by atoms with van der Waals surface area (Å²) in [6, 6.07) is 8.92. The fourth-order valence-electron chi connectivity index (χ4n) is 2.70. The average Bonchev–Trinajstić information content (AvgIpc) is 2.51. The highest BCUT2D eigenvalue weighted by Crippen LogP contribution is 2.23. The van der Waals surface area contributed by atoms with Gasteiger partial charge in [-0.25, -0.2) is 4.39 Å². The average molecular weight is 286 g/mol. The van der Waals surface area contributed by atoms with Crippen LogP contribution >= 0.6 is 0 Å². The molecular weight excluding hydrogens is 267 g/mol. The molecule has 21 heavy (non-hydrogen) atoms. The monoisotopic (exact) mass is 286 g/mol. The Labute approximate surface area is 124 Å². The number of halogens is 1. The van der Waals surface area contributed by atoms with Crippen LogP contribution in [0.4, 0.5) is 15.8 Å². The van der Waals surface area contributed by atoms with E-state index < -0.39 is 0 Å². The number of nitrogens with two attached hydrogens (primary N) is 1. The first-order valence-electron chi connectivity index (χ1n) is 7.14. The number of aromatic nitrogens is 1. The van der Waals surface area contributed by atoms with Gasteiger partial charge in [0.15, 0.2) is 0 Å². The third-order valence-corrected chi connectivity index (χ3v) is 3.89. The minimum absolute atomic E-state index is 0.127. The lowest BCUT2D eigenvalue weighted by Crippen LogP contribution is -2.46. The van der Waals surface area contributed by atoms with Crippen LogP contribution in [-0.4, -0.2) is 36.1 Å². The molecule has 0 spiro atoms. The van der Waals surface area contributed by atoms with Gasteiger partial charge in [-0.3, -0.25) is 9.88 Å². The lowest BCUT2D eigenvalue weighted by molar-refractivity contribution is 0.246. The Morgan fingerprint density at radius 2 is 1.86 bits per heavy atom. The van der Waals surface area contributed by atoms with Crippen molar-refractivity contribution >= 4 is 11.4 Å². The number of benzene rings is 1. The van der Waals surface area contributed by atoms with Crippen LogP contribution in [0.3, 0.4) is 0 Å². The number of pyridine rings is 1. The van der Waals surface area contributed by atoms with Crippen molar-refractivity contribution in [1.29, 1.82) is 0 Å². The molecule has 4 nitrogen and oxygen atoms in total. The van der Waals surface area contributed by atoms with Gasteiger partial charge in [-0.2, -0.15) is 0 Å². The molecule has 0 unspecified atom stereocenters. The van der Waals surface area contributed by atoms with Gasteiger partial charge in [0.1, 0.15) is 5.82 Å². The fraction of sp³-hybridized carbons (Fsp3) is 0.312. The number of rotatable bonds is 3. The Morgan fingerprint density at radius 1 is 1.10 bits per heavy atom. The molecule has 1 aliphatic heterocycles. The highest BCUT2D eigenvalue weighted by atomic mass is 19.1. The summed E-state index contributed by atoms with van der Waals surface area (Å²) in [6.45, 7) is 4.24. The van der Waals surface area contributed by atoms with Crippen LogP contribution < -0.4 is 10.6 Å². The Bertz CT molecular complexity index is 609. The lowest BCUT2D eigenvalue weighted by Gasteiger charge is -2.36. The minimum atomic E-state index is -0.127. The Hall–Kier alpha value is -2.14. The SMILES string of the molecule is Nc1cnccc1N1CCN(Cc2ccccc2F)CC1.